The van der Waals surface area contributed by atoms with E-state index < -0.39 is 21.9 Å². The van der Waals surface area contributed by atoms with E-state index in [4.69, 9.17) is 5.11 Å². The number of carbonyl (C=O) groups is 3. The smallest absolute Gasteiger partial charge is 0.308 e. The average Bonchev–Trinajstić information content (AvgIpc) is 2.61. The Morgan fingerprint density at radius 3 is 2.37 bits per heavy atom. The van der Waals surface area contributed by atoms with Crippen LogP contribution in [-0.2, 0) is 19.6 Å². The maximum absolute atomic E-state index is 12.4. The summed E-state index contributed by atoms with van der Waals surface area (Å²) in [7, 11) is -3.79. The second-order valence-electron chi connectivity index (χ2n) is 6.74. The van der Waals surface area contributed by atoms with Gasteiger partial charge in [0.25, 0.3) is 0 Å². The molecule has 0 aliphatic carbocycles. The molecule has 1 aromatic rings. The first kappa shape index (κ1) is 21.0. The molecule has 8 nitrogen and oxygen atoms in total. The molecule has 1 amide bonds. The predicted octanol–water partition coefficient (Wildman–Crippen LogP) is 1.27. The van der Waals surface area contributed by atoms with E-state index in [0.29, 0.717) is 18.4 Å². The summed E-state index contributed by atoms with van der Waals surface area (Å²) >= 11 is 0. The van der Waals surface area contributed by atoms with Gasteiger partial charge in [0.05, 0.1) is 10.8 Å². The zero-order chi connectivity index (χ0) is 20.2. The number of nitrogens with one attached hydrogen (secondary N) is 1. The van der Waals surface area contributed by atoms with Gasteiger partial charge >= 0.3 is 5.97 Å². The average molecular weight is 396 g/mol. The van der Waals surface area contributed by atoms with Gasteiger partial charge in [-0.05, 0) is 38.8 Å². The molecule has 1 saturated heterocycles. The summed E-state index contributed by atoms with van der Waals surface area (Å²) < 4.78 is 26.9. The largest absolute Gasteiger partial charge is 0.481 e. The van der Waals surface area contributed by atoms with Gasteiger partial charge in [-0.3, -0.25) is 14.4 Å². The fraction of sp³-hybridized carbons (Fsp3) is 0.500. The highest BCUT2D eigenvalue weighted by atomic mass is 32.2. The van der Waals surface area contributed by atoms with Crippen LogP contribution in [0.4, 0.5) is 0 Å². The Labute approximate surface area is 158 Å². The standard InChI is InChI=1S/C18H24N2O6S/c1-12-3-4-15(18(23)24)11-20(12)17(22)9-10-19-27(25,26)16-7-5-14(6-8-16)13(2)21/h5-8,12,15,19H,3-4,9-11H2,1-2H3,(H,23,24). The highest BCUT2D eigenvalue weighted by Crippen LogP contribution is 2.22. The monoisotopic (exact) mass is 396 g/mol. The topological polar surface area (TPSA) is 121 Å². The number of Topliss-reactive ketones (excluding diaryl/α,β-unsaturated/α-hetero) is 1. The van der Waals surface area contributed by atoms with Gasteiger partial charge in [-0.25, -0.2) is 13.1 Å². The lowest BCUT2D eigenvalue weighted by Gasteiger charge is -2.36. The first-order valence-electron chi connectivity index (χ1n) is 8.74. The SMILES string of the molecule is CC(=O)c1ccc(S(=O)(=O)NCCC(=O)N2CC(C(=O)O)CCC2C)cc1. The minimum atomic E-state index is -3.79. The van der Waals surface area contributed by atoms with Crippen LogP contribution in [0.2, 0.25) is 0 Å². The summed E-state index contributed by atoms with van der Waals surface area (Å²) in [6.45, 7) is 3.31. The number of carboxylic acids is 1. The molecular formula is C18H24N2O6S. The molecule has 2 atom stereocenters. The van der Waals surface area contributed by atoms with Crippen LogP contribution in [0, 0.1) is 5.92 Å². The van der Waals surface area contributed by atoms with E-state index in [1.165, 1.54) is 36.1 Å². The van der Waals surface area contributed by atoms with Gasteiger partial charge in [-0.2, -0.15) is 0 Å². The lowest BCUT2D eigenvalue weighted by molar-refractivity contribution is -0.147. The van der Waals surface area contributed by atoms with Gasteiger partial charge in [0.2, 0.25) is 15.9 Å². The highest BCUT2D eigenvalue weighted by Gasteiger charge is 2.32. The van der Waals surface area contributed by atoms with E-state index in [2.05, 4.69) is 4.72 Å². The van der Waals surface area contributed by atoms with Crippen LogP contribution in [-0.4, -0.2) is 55.2 Å². The summed E-state index contributed by atoms with van der Waals surface area (Å²) in [5.41, 5.74) is 0.413. The molecule has 0 saturated carbocycles. The van der Waals surface area contributed by atoms with Crippen molar-refractivity contribution in [3.63, 3.8) is 0 Å². The van der Waals surface area contributed by atoms with Crippen molar-refractivity contribution in [3.8, 4) is 0 Å². The molecule has 2 unspecified atom stereocenters. The number of benzene rings is 1. The number of piperidine rings is 1. The van der Waals surface area contributed by atoms with Crippen LogP contribution in [0.3, 0.4) is 0 Å². The van der Waals surface area contributed by atoms with Crippen LogP contribution in [0.5, 0.6) is 0 Å². The number of ketones is 1. The third kappa shape index (κ3) is 5.36. The lowest BCUT2D eigenvalue weighted by atomic mass is 9.93. The van der Waals surface area contributed by atoms with E-state index in [1.807, 2.05) is 6.92 Å². The van der Waals surface area contributed by atoms with E-state index in [1.54, 1.807) is 0 Å². The lowest BCUT2D eigenvalue weighted by Crippen LogP contribution is -2.48. The fourth-order valence-electron chi connectivity index (χ4n) is 3.04. The zero-order valence-electron chi connectivity index (χ0n) is 15.3. The van der Waals surface area contributed by atoms with Crippen LogP contribution >= 0.6 is 0 Å². The molecule has 1 heterocycles. The van der Waals surface area contributed by atoms with Gasteiger partial charge in [0.15, 0.2) is 5.78 Å². The Bertz CT molecular complexity index is 819. The molecule has 0 aromatic heterocycles. The second-order valence-corrected chi connectivity index (χ2v) is 8.50. The van der Waals surface area contributed by atoms with Crippen LogP contribution in [0.15, 0.2) is 29.2 Å². The summed E-state index contributed by atoms with van der Waals surface area (Å²) in [6, 6.07) is 5.48. The van der Waals surface area contributed by atoms with Gasteiger partial charge in [0, 0.05) is 31.1 Å². The van der Waals surface area contributed by atoms with Gasteiger partial charge in [0.1, 0.15) is 0 Å². The van der Waals surface area contributed by atoms with Crippen LogP contribution in [0.25, 0.3) is 0 Å². The number of likely N-dealkylation sites (tertiary alicyclic amines) is 1. The molecule has 1 aliphatic rings. The number of amides is 1. The van der Waals surface area contributed by atoms with Crippen LogP contribution < -0.4 is 4.72 Å². The van der Waals surface area contributed by atoms with Crippen LogP contribution in [0.1, 0.15) is 43.5 Å². The normalized spacial score (nSPS) is 20.3. The number of hydrogen-bond donors (Lipinski definition) is 2. The third-order valence-electron chi connectivity index (χ3n) is 4.75. The molecule has 1 aromatic carbocycles. The maximum atomic E-state index is 12.4. The minimum Gasteiger partial charge on any atom is -0.481 e. The van der Waals surface area contributed by atoms with Crippen molar-refractivity contribution in [1.82, 2.24) is 9.62 Å². The molecule has 0 bridgehead atoms. The molecule has 2 rings (SSSR count). The molecule has 0 radical (unpaired) electrons. The summed E-state index contributed by atoms with van der Waals surface area (Å²) in [6.07, 6.45) is 1.08. The Morgan fingerprint density at radius 1 is 1.19 bits per heavy atom. The molecule has 27 heavy (non-hydrogen) atoms. The van der Waals surface area contributed by atoms with E-state index in [-0.39, 0.29) is 42.1 Å². The Kier molecular flexibility index (Phi) is 6.72. The first-order chi connectivity index (χ1) is 12.6. The number of carbonyl (C=O) groups excluding carboxylic acids is 2. The number of sulfonamides is 1. The first-order valence-corrected chi connectivity index (χ1v) is 10.2. The third-order valence-corrected chi connectivity index (χ3v) is 6.23. The summed E-state index contributed by atoms with van der Waals surface area (Å²) in [5, 5.41) is 9.14. The Morgan fingerprint density at radius 2 is 1.81 bits per heavy atom. The van der Waals surface area contributed by atoms with Crippen molar-refractivity contribution >= 4 is 27.7 Å². The number of rotatable bonds is 7. The number of nitrogens with zero attached hydrogens (tertiary/aromatic N) is 1. The van der Waals surface area contributed by atoms with E-state index >= 15 is 0 Å². The van der Waals surface area contributed by atoms with Crippen molar-refractivity contribution < 1.29 is 27.9 Å². The minimum absolute atomic E-state index is 0.0113. The van der Waals surface area contributed by atoms with E-state index in [0.717, 1.165) is 0 Å². The molecule has 148 valence electrons. The molecule has 9 heteroatoms. The van der Waals surface area contributed by atoms with Crippen molar-refractivity contribution in [2.75, 3.05) is 13.1 Å². The fourth-order valence-corrected chi connectivity index (χ4v) is 4.08. The summed E-state index contributed by atoms with van der Waals surface area (Å²) in [4.78, 5) is 36.3. The number of carboxylic acid groups (broad SMARTS) is 1. The van der Waals surface area contributed by atoms with Gasteiger partial charge in [-0.1, -0.05) is 12.1 Å². The van der Waals surface area contributed by atoms with E-state index in [9.17, 15) is 22.8 Å². The quantitative estimate of drug-likeness (QED) is 0.670. The molecule has 1 fully saturated rings. The molecule has 0 spiro atoms. The van der Waals surface area contributed by atoms with Crippen molar-refractivity contribution in [1.29, 1.82) is 0 Å². The molecule has 1 aliphatic heterocycles. The number of aliphatic carboxylic acids is 1. The Hall–Kier alpha value is -2.26. The van der Waals surface area contributed by atoms with Gasteiger partial charge < -0.3 is 10.0 Å². The van der Waals surface area contributed by atoms with Crippen molar-refractivity contribution in [2.45, 2.75) is 44.0 Å². The number of hydrogen-bond acceptors (Lipinski definition) is 5. The zero-order valence-corrected chi connectivity index (χ0v) is 16.2. The molecular weight excluding hydrogens is 372 g/mol. The summed E-state index contributed by atoms with van der Waals surface area (Å²) in [5.74, 6) is -1.94. The van der Waals surface area contributed by atoms with Crippen molar-refractivity contribution in [3.05, 3.63) is 29.8 Å². The maximum Gasteiger partial charge on any atom is 0.308 e. The molecule has 2 N–H and O–H groups in total. The van der Waals surface area contributed by atoms with Gasteiger partial charge in [-0.15, -0.1) is 0 Å². The predicted molar refractivity (Wildman–Crippen MR) is 97.8 cm³/mol. The van der Waals surface area contributed by atoms with Crippen molar-refractivity contribution in [2.24, 2.45) is 5.92 Å². The Balaban J connectivity index is 1.93. The second kappa shape index (κ2) is 8.62. The highest BCUT2D eigenvalue weighted by molar-refractivity contribution is 7.89.